The molecule has 16 heteroatoms. The minimum Gasteiger partial charge on any atom is -0.453 e. The van der Waals surface area contributed by atoms with Crippen LogP contribution in [0, 0.1) is 5.92 Å². The molecular weight excluding hydrogens is 706 g/mol. The number of carbonyl (C=O) groups excluding carboxylic acids is 4. The fraction of sp³-hybridized carbons (Fsp3) is 0.436. The topological polar surface area (TPSA) is 187 Å². The summed E-state index contributed by atoms with van der Waals surface area (Å²) in [6.45, 7) is 8.93. The van der Waals surface area contributed by atoms with Gasteiger partial charge in [0.15, 0.2) is 0 Å². The fourth-order valence-electron chi connectivity index (χ4n) is 6.92. The van der Waals surface area contributed by atoms with Crippen molar-refractivity contribution in [2.24, 2.45) is 5.92 Å². The number of aromatic nitrogens is 4. The molecule has 5 amide bonds. The van der Waals surface area contributed by atoms with Crippen molar-refractivity contribution < 1.29 is 33.4 Å². The van der Waals surface area contributed by atoms with Crippen molar-refractivity contribution in [2.75, 3.05) is 40.5 Å². The Morgan fingerprint density at radius 2 is 1.33 bits per heavy atom. The van der Waals surface area contributed by atoms with Crippen LogP contribution in [0.3, 0.4) is 0 Å². The van der Waals surface area contributed by atoms with E-state index in [0.717, 1.165) is 46.5 Å². The average molecular weight is 756 g/mol. The number of likely N-dealkylation sites (tertiary alicyclic amines) is 1. The summed E-state index contributed by atoms with van der Waals surface area (Å²) in [5.41, 5.74) is 8.10. The molecule has 4 aromatic rings. The van der Waals surface area contributed by atoms with Crippen LogP contribution in [-0.4, -0.2) is 111 Å². The maximum Gasteiger partial charge on any atom is 0.425 e. The number of hydrazine groups is 1. The summed E-state index contributed by atoms with van der Waals surface area (Å²) in [6.07, 6.45) is 3.79. The molecule has 2 aliphatic rings. The number of methoxy groups -OCH3 is 2. The monoisotopic (exact) mass is 755 g/mol. The summed E-state index contributed by atoms with van der Waals surface area (Å²) < 4.78 is 15.2. The van der Waals surface area contributed by atoms with Crippen molar-refractivity contribution in [1.29, 1.82) is 0 Å². The number of morpholine rings is 1. The minimum absolute atomic E-state index is 0.110. The van der Waals surface area contributed by atoms with Crippen LogP contribution in [-0.2, 0) is 19.0 Å². The molecule has 2 fully saturated rings. The Balaban J connectivity index is 1.11. The number of carbonyl (C=O) groups is 4. The second-order valence-corrected chi connectivity index (χ2v) is 14.2. The van der Waals surface area contributed by atoms with Gasteiger partial charge < -0.3 is 39.3 Å². The molecule has 2 aromatic carbocycles. The molecule has 0 unspecified atom stereocenters. The van der Waals surface area contributed by atoms with Crippen LogP contribution in [0.1, 0.15) is 64.3 Å². The third kappa shape index (κ3) is 8.59. The molecular formula is C39H49N9O7. The van der Waals surface area contributed by atoms with Gasteiger partial charge in [0.25, 0.3) is 0 Å². The van der Waals surface area contributed by atoms with Crippen LogP contribution >= 0.6 is 0 Å². The lowest BCUT2D eigenvalue weighted by Crippen LogP contribution is -2.57. The molecule has 55 heavy (non-hydrogen) atoms. The average Bonchev–Trinajstić information content (AvgIpc) is 4.00. The van der Waals surface area contributed by atoms with Gasteiger partial charge in [-0.3, -0.25) is 4.79 Å². The molecule has 16 nitrogen and oxygen atoms in total. The van der Waals surface area contributed by atoms with Crippen LogP contribution in [0.5, 0.6) is 0 Å². The summed E-state index contributed by atoms with van der Waals surface area (Å²) in [5.74, 6) is 1.04. The molecule has 3 atom stereocenters. The van der Waals surface area contributed by atoms with Crippen molar-refractivity contribution in [2.45, 2.75) is 64.7 Å². The van der Waals surface area contributed by atoms with Crippen molar-refractivity contribution in [3.05, 3.63) is 72.6 Å². The number of amides is 5. The molecule has 0 bridgehead atoms. The van der Waals surface area contributed by atoms with E-state index in [-0.39, 0.29) is 36.5 Å². The lowest BCUT2D eigenvalue weighted by atomic mass is 10.0. The van der Waals surface area contributed by atoms with Crippen molar-refractivity contribution >= 4 is 24.1 Å². The maximum absolute atomic E-state index is 13.5. The van der Waals surface area contributed by atoms with Crippen LogP contribution in [0.25, 0.3) is 33.6 Å². The molecule has 6 rings (SSSR count). The number of nitrogens with one attached hydrogen (secondary N) is 4. The first-order chi connectivity index (χ1) is 26.5. The number of imidazole rings is 2. The Labute approximate surface area is 319 Å². The normalized spacial score (nSPS) is 17.6. The second kappa shape index (κ2) is 17.1. The van der Waals surface area contributed by atoms with Gasteiger partial charge in [-0.25, -0.2) is 34.8 Å². The standard InChI is InChI=1S/C39H49N9O7/c1-23(2)33(44-37(50)53-5)36(49)46-17-7-8-31(46)34-40-20-29(42-34)27-13-9-25(10-14-27)26-11-15-28(16-12-26)30-21-41-35(43-30)32-22-55-19-18-47(32)39(52)48(24(3)4)45-38(51)54-6/h9-16,20-21,23-24,31-33H,7-8,17-19,22H2,1-6H3,(H,40,42)(H,41,43)(H,44,50)(H,45,51)/t31-,32-,33-/m0/s1. The maximum atomic E-state index is 13.5. The van der Waals surface area contributed by atoms with E-state index in [4.69, 9.17) is 14.2 Å². The van der Waals surface area contributed by atoms with E-state index in [1.807, 2.05) is 50.2 Å². The highest BCUT2D eigenvalue weighted by molar-refractivity contribution is 5.86. The highest BCUT2D eigenvalue weighted by Gasteiger charge is 2.38. The number of H-pyrrole nitrogens is 2. The molecule has 4 heterocycles. The third-order valence-corrected chi connectivity index (χ3v) is 9.97. The first-order valence-electron chi connectivity index (χ1n) is 18.5. The van der Waals surface area contributed by atoms with E-state index < -0.39 is 24.3 Å². The van der Waals surface area contributed by atoms with Crippen molar-refractivity contribution in [3.8, 4) is 33.6 Å². The minimum atomic E-state index is -0.728. The first-order valence-corrected chi connectivity index (χ1v) is 18.5. The molecule has 2 saturated heterocycles. The van der Waals surface area contributed by atoms with Crippen LogP contribution in [0.15, 0.2) is 60.9 Å². The van der Waals surface area contributed by atoms with E-state index in [1.165, 1.54) is 19.2 Å². The zero-order valence-electron chi connectivity index (χ0n) is 32.0. The predicted molar refractivity (Wildman–Crippen MR) is 203 cm³/mol. The number of rotatable bonds is 9. The van der Waals surface area contributed by atoms with E-state index in [2.05, 4.69) is 42.8 Å². The van der Waals surface area contributed by atoms with E-state index in [9.17, 15) is 19.2 Å². The number of urea groups is 1. The van der Waals surface area contributed by atoms with Crippen LogP contribution in [0.4, 0.5) is 14.4 Å². The number of benzene rings is 2. The third-order valence-electron chi connectivity index (χ3n) is 9.97. The molecule has 4 N–H and O–H groups in total. The summed E-state index contributed by atoms with van der Waals surface area (Å²) >= 11 is 0. The zero-order valence-corrected chi connectivity index (χ0v) is 32.0. The largest absolute Gasteiger partial charge is 0.453 e. The number of alkyl carbamates (subject to hydrolysis) is 1. The number of hydrogen-bond acceptors (Lipinski definition) is 9. The Morgan fingerprint density at radius 3 is 1.85 bits per heavy atom. The Morgan fingerprint density at radius 1 is 0.782 bits per heavy atom. The van der Waals surface area contributed by atoms with Crippen LogP contribution < -0.4 is 10.7 Å². The van der Waals surface area contributed by atoms with Crippen molar-refractivity contribution in [3.63, 3.8) is 0 Å². The van der Waals surface area contributed by atoms with Gasteiger partial charge in [0.2, 0.25) is 5.91 Å². The Hall–Kier alpha value is -5.90. The highest BCUT2D eigenvalue weighted by Crippen LogP contribution is 2.34. The SMILES string of the molecule is COC(=O)N[C@H](C(=O)N1CCC[C@H]1c1ncc(-c2ccc(-c3ccc(-c4cnc([C@@H]5COCCN5C(=O)N(NC(=O)OC)C(C)C)[nH]4)cc3)cc2)[nH]1)C(C)C. The summed E-state index contributed by atoms with van der Waals surface area (Å²) in [7, 11) is 2.53. The van der Waals surface area contributed by atoms with Gasteiger partial charge >= 0.3 is 18.2 Å². The predicted octanol–water partition coefficient (Wildman–Crippen LogP) is 5.65. The Bertz CT molecular complexity index is 1960. The lowest BCUT2D eigenvalue weighted by molar-refractivity contribution is -0.135. The van der Waals surface area contributed by atoms with Gasteiger partial charge in [-0.2, -0.15) is 0 Å². The first kappa shape index (κ1) is 38.8. The summed E-state index contributed by atoms with van der Waals surface area (Å²) in [6, 6.07) is 14.2. The zero-order chi connectivity index (χ0) is 39.2. The molecule has 0 saturated carbocycles. The molecule has 2 aromatic heterocycles. The quantitative estimate of drug-likeness (QED) is 0.157. The highest BCUT2D eigenvalue weighted by atomic mass is 16.5. The molecule has 0 aliphatic carbocycles. The molecule has 0 spiro atoms. The van der Waals surface area contributed by atoms with Gasteiger partial charge in [-0.1, -0.05) is 62.4 Å². The summed E-state index contributed by atoms with van der Waals surface area (Å²) in [5, 5.41) is 3.94. The van der Waals surface area contributed by atoms with Gasteiger partial charge in [0.05, 0.1) is 57.3 Å². The van der Waals surface area contributed by atoms with Crippen LogP contribution in [0.2, 0.25) is 0 Å². The number of ether oxygens (including phenoxy) is 3. The number of nitrogens with zero attached hydrogens (tertiary/aromatic N) is 5. The molecule has 0 radical (unpaired) electrons. The fourth-order valence-corrected chi connectivity index (χ4v) is 6.92. The van der Waals surface area contributed by atoms with Gasteiger partial charge in [0.1, 0.15) is 23.7 Å². The Kier molecular flexibility index (Phi) is 12.0. The molecule has 292 valence electrons. The van der Waals surface area contributed by atoms with Gasteiger partial charge in [-0.05, 0) is 54.9 Å². The van der Waals surface area contributed by atoms with Gasteiger partial charge in [-0.15, -0.1) is 0 Å². The van der Waals surface area contributed by atoms with E-state index >= 15 is 0 Å². The number of aromatic amines is 2. The van der Waals surface area contributed by atoms with Crippen molar-refractivity contribution in [1.82, 2.24) is 45.5 Å². The van der Waals surface area contributed by atoms with Gasteiger partial charge in [0, 0.05) is 19.1 Å². The summed E-state index contributed by atoms with van der Waals surface area (Å²) in [4.78, 5) is 70.4. The number of hydrogen-bond donors (Lipinski definition) is 4. The smallest absolute Gasteiger partial charge is 0.425 e. The second-order valence-electron chi connectivity index (χ2n) is 14.2. The lowest BCUT2D eigenvalue weighted by Gasteiger charge is -2.38. The van der Waals surface area contributed by atoms with E-state index in [1.54, 1.807) is 36.0 Å². The van der Waals surface area contributed by atoms with E-state index in [0.29, 0.717) is 31.3 Å². The molecule has 2 aliphatic heterocycles.